The van der Waals surface area contributed by atoms with E-state index in [1.54, 1.807) is 4.72 Å². The SMILES string of the molecule is CCOC(=O)NS(=O)(=O)Nc1cc(C(=O)O)ccc1Cl. The smallest absolute Gasteiger partial charge is 0.422 e. The maximum atomic E-state index is 11.6. The summed E-state index contributed by atoms with van der Waals surface area (Å²) in [5, 5.41) is 8.78. The third kappa shape index (κ3) is 4.59. The quantitative estimate of drug-likeness (QED) is 0.754. The number of nitrogens with one attached hydrogen (secondary N) is 2. The molecule has 0 spiro atoms. The second-order valence-corrected chi connectivity index (χ2v) is 5.25. The van der Waals surface area contributed by atoms with E-state index in [0.717, 1.165) is 6.07 Å². The van der Waals surface area contributed by atoms with Crippen molar-refractivity contribution in [2.45, 2.75) is 6.92 Å². The molecule has 3 N–H and O–H groups in total. The van der Waals surface area contributed by atoms with E-state index >= 15 is 0 Å². The number of carbonyl (C=O) groups excluding carboxylic acids is 1. The monoisotopic (exact) mass is 322 g/mol. The second kappa shape index (κ2) is 6.44. The number of ether oxygens (including phenoxy) is 1. The van der Waals surface area contributed by atoms with E-state index in [0.29, 0.717) is 0 Å². The Kier molecular flexibility index (Phi) is 5.17. The molecule has 0 aliphatic carbocycles. The highest BCUT2D eigenvalue weighted by Crippen LogP contribution is 2.23. The summed E-state index contributed by atoms with van der Waals surface area (Å²) < 4.78 is 31.1. The molecular weight excluding hydrogens is 312 g/mol. The molecule has 10 heteroatoms. The molecular formula is C10H11ClN2O6S. The molecule has 0 atom stereocenters. The molecule has 1 rings (SSSR count). The summed E-state index contributed by atoms with van der Waals surface area (Å²) in [6, 6.07) is 3.45. The number of hydrogen-bond donors (Lipinski definition) is 3. The Morgan fingerprint density at radius 2 is 2.05 bits per heavy atom. The van der Waals surface area contributed by atoms with Crippen LogP contribution in [0, 0.1) is 0 Å². The van der Waals surface area contributed by atoms with Crippen LogP contribution in [0.15, 0.2) is 18.2 Å². The van der Waals surface area contributed by atoms with Crippen molar-refractivity contribution in [3.8, 4) is 0 Å². The van der Waals surface area contributed by atoms with Gasteiger partial charge in [-0.3, -0.25) is 4.72 Å². The van der Waals surface area contributed by atoms with Gasteiger partial charge in [-0.05, 0) is 25.1 Å². The highest BCUT2D eigenvalue weighted by Gasteiger charge is 2.17. The number of hydrogen-bond acceptors (Lipinski definition) is 5. The highest BCUT2D eigenvalue weighted by atomic mass is 35.5. The number of carboxylic acids is 1. The molecule has 0 unspecified atom stereocenters. The fourth-order valence-corrected chi connectivity index (χ4v) is 2.19. The van der Waals surface area contributed by atoms with E-state index in [2.05, 4.69) is 4.74 Å². The number of carboxylic acid groups (broad SMARTS) is 1. The molecule has 8 nitrogen and oxygen atoms in total. The van der Waals surface area contributed by atoms with Crippen molar-refractivity contribution >= 4 is 39.6 Å². The number of amides is 1. The third-order valence-corrected chi connectivity index (χ3v) is 3.20. The predicted octanol–water partition coefficient (Wildman–Crippen LogP) is 1.44. The number of halogens is 1. The van der Waals surface area contributed by atoms with Gasteiger partial charge in [-0.1, -0.05) is 11.6 Å². The lowest BCUT2D eigenvalue weighted by Gasteiger charge is -2.11. The Hall–Kier alpha value is -2.00. The zero-order valence-corrected chi connectivity index (χ0v) is 11.8. The van der Waals surface area contributed by atoms with Gasteiger partial charge in [-0.2, -0.15) is 8.42 Å². The zero-order chi connectivity index (χ0) is 15.3. The maximum Gasteiger partial charge on any atom is 0.422 e. The summed E-state index contributed by atoms with van der Waals surface area (Å²) in [4.78, 5) is 21.8. The van der Waals surface area contributed by atoms with Gasteiger partial charge < -0.3 is 9.84 Å². The van der Waals surface area contributed by atoms with Crippen molar-refractivity contribution in [2.75, 3.05) is 11.3 Å². The molecule has 0 heterocycles. The molecule has 0 bridgehead atoms. The van der Waals surface area contributed by atoms with Gasteiger partial charge in [0.25, 0.3) is 0 Å². The van der Waals surface area contributed by atoms with Crippen molar-refractivity contribution in [3.05, 3.63) is 28.8 Å². The van der Waals surface area contributed by atoms with E-state index < -0.39 is 22.3 Å². The fraction of sp³-hybridized carbons (Fsp3) is 0.200. The summed E-state index contributed by atoms with van der Waals surface area (Å²) in [6.07, 6.45) is -1.16. The lowest BCUT2D eigenvalue weighted by Crippen LogP contribution is -2.35. The van der Waals surface area contributed by atoms with Crippen molar-refractivity contribution in [3.63, 3.8) is 0 Å². The Balaban J connectivity index is 2.94. The van der Waals surface area contributed by atoms with Crippen LogP contribution in [0.1, 0.15) is 17.3 Å². The van der Waals surface area contributed by atoms with Crippen molar-refractivity contribution in [1.29, 1.82) is 0 Å². The summed E-state index contributed by atoms with van der Waals surface area (Å²) in [5.74, 6) is -1.25. The average Bonchev–Trinajstić information content (AvgIpc) is 2.30. The molecule has 0 saturated carbocycles. The largest absolute Gasteiger partial charge is 0.478 e. The molecule has 1 aromatic rings. The Morgan fingerprint density at radius 3 is 2.60 bits per heavy atom. The number of aromatic carboxylic acids is 1. The molecule has 0 saturated heterocycles. The fourth-order valence-electron chi connectivity index (χ4n) is 1.18. The van der Waals surface area contributed by atoms with Crippen LogP contribution in [0.2, 0.25) is 5.02 Å². The second-order valence-electron chi connectivity index (χ2n) is 3.43. The van der Waals surface area contributed by atoms with Crippen molar-refractivity contribution in [1.82, 2.24) is 4.72 Å². The average molecular weight is 323 g/mol. The number of anilines is 1. The summed E-state index contributed by atoms with van der Waals surface area (Å²) >= 11 is 5.74. The van der Waals surface area contributed by atoms with Crippen LogP contribution in [-0.2, 0) is 14.9 Å². The number of carbonyl (C=O) groups is 2. The molecule has 0 aromatic heterocycles. The van der Waals surface area contributed by atoms with Gasteiger partial charge in [0, 0.05) is 0 Å². The maximum absolute atomic E-state index is 11.6. The van der Waals surface area contributed by atoms with E-state index in [9.17, 15) is 18.0 Å². The first-order valence-electron chi connectivity index (χ1n) is 5.25. The van der Waals surface area contributed by atoms with Crippen LogP contribution in [0.5, 0.6) is 0 Å². The van der Waals surface area contributed by atoms with Gasteiger partial charge in [-0.25, -0.2) is 14.3 Å². The highest BCUT2D eigenvalue weighted by molar-refractivity contribution is 7.91. The van der Waals surface area contributed by atoms with Crippen molar-refractivity contribution in [2.24, 2.45) is 0 Å². The number of benzene rings is 1. The van der Waals surface area contributed by atoms with Crippen LogP contribution in [0.3, 0.4) is 0 Å². The van der Waals surface area contributed by atoms with E-state index in [1.807, 2.05) is 4.72 Å². The topological polar surface area (TPSA) is 122 Å². The van der Waals surface area contributed by atoms with Crippen molar-refractivity contribution < 1.29 is 27.9 Å². The Labute approximate surface area is 119 Å². The minimum atomic E-state index is -4.27. The molecule has 0 fully saturated rings. The molecule has 110 valence electrons. The van der Waals surface area contributed by atoms with Crippen LogP contribution in [-0.4, -0.2) is 32.2 Å². The van der Waals surface area contributed by atoms with E-state index in [-0.39, 0.29) is 22.9 Å². The lowest BCUT2D eigenvalue weighted by atomic mass is 10.2. The van der Waals surface area contributed by atoms with Crippen LogP contribution < -0.4 is 9.44 Å². The zero-order valence-electron chi connectivity index (χ0n) is 10.2. The van der Waals surface area contributed by atoms with Gasteiger partial charge in [0.15, 0.2) is 0 Å². The van der Waals surface area contributed by atoms with Crippen LogP contribution >= 0.6 is 11.6 Å². The van der Waals surface area contributed by atoms with E-state index in [1.165, 1.54) is 19.1 Å². The van der Waals surface area contributed by atoms with Gasteiger partial charge in [0.2, 0.25) is 0 Å². The van der Waals surface area contributed by atoms with Crippen LogP contribution in [0.4, 0.5) is 10.5 Å². The summed E-state index contributed by atoms with van der Waals surface area (Å²) in [6.45, 7) is 1.50. The minimum Gasteiger partial charge on any atom is -0.478 e. The molecule has 1 aromatic carbocycles. The first-order valence-corrected chi connectivity index (χ1v) is 7.11. The van der Waals surface area contributed by atoms with Gasteiger partial charge in [-0.15, -0.1) is 0 Å². The first kappa shape index (κ1) is 16.1. The Morgan fingerprint density at radius 1 is 1.40 bits per heavy atom. The van der Waals surface area contributed by atoms with Crippen LogP contribution in [0.25, 0.3) is 0 Å². The van der Waals surface area contributed by atoms with Gasteiger partial charge in [0.1, 0.15) is 0 Å². The molecule has 0 radical (unpaired) electrons. The van der Waals surface area contributed by atoms with E-state index in [4.69, 9.17) is 16.7 Å². The molecule has 0 aliphatic rings. The summed E-state index contributed by atoms with van der Waals surface area (Å²) in [7, 11) is -4.27. The number of rotatable bonds is 5. The minimum absolute atomic E-state index is 0.00336. The standard InChI is InChI=1S/C10H11ClN2O6S/c1-2-19-10(16)13-20(17,18)12-8-5-6(9(14)15)3-4-7(8)11/h3-5,12H,2H2,1H3,(H,13,16)(H,14,15). The molecule has 1 amide bonds. The van der Waals surface area contributed by atoms with Gasteiger partial charge >= 0.3 is 22.3 Å². The summed E-state index contributed by atoms with van der Waals surface area (Å²) in [5.41, 5.74) is -0.341. The first-order chi connectivity index (χ1) is 9.25. The molecule has 0 aliphatic heterocycles. The van der Waals surface area contributed by atoms with Gasteiger partial charge in [0.05, 0.1) is 22.9 Å². The lowest BCUT2D eigenvalue weighted by molar-refractivity contribution is 0.0697. The predicted molar refractivity (Wildman–Crippen MR) is 71.1 cm³/mol. The third-order valence-electron chi connectivity index (χ3n) is 1.95. The normalized spacial score (nSPS) is 10.7. The Bertz CT molecular complexity index is 631. The molecule has 20 heavy (non-hydrogen) atoms.